The maximum atomic E-state index is 5.62. The van der Waals surface area contributed by atoms with Crippen LogP contribution in [0.15, 0.2) is 18.5 Å². The predicted molar refractivity (Wildman–Crippen MR) is 62.8 cm³/mol. The fourth-order valence-electron chi connectivity index (χ4n) is 1.88. The summed E-state index contributed by atoms with van der Waals surface area (Å²) in [5.41, 5.74) is 3.98. The summed E-state index contributed by atoms with van der Waals surface area (Å²) in [5, 5.41) is 0. The van der Waals surface area contributed by atoms with E-state index in [-0.39, 0.29) is 12.1 Å². The average molecular weight is 221 g/mol. The lowest BCUT2D eigenvalue weighted by Crippen LogP contribution is -2.29. The van der Waals surface area contributed by atoms with Crippen molar-refractivity contribution in [2.45, 2.75) is 38.8 Å². The van der Waals surface area contributed by atoms with Crippen LogP contribution in [0.2, 0.25) is 0 Å². The van der Waals surface area contributed by atoms with E-state index in [0.29, 0.717) is 5.92 Å². The summed E-state index contributed by atoms with van der Waals surface area (Å²) < 4.78 is 5.62. The number of hydrazine groups is 1. The molecule has 1 aliphatic rings. The van der Waals surface area contributed by atoms with E-state index >= 15 is 0 Å². The molecule has 0 saturated heterocycles. The summed E-state index contributed by atoms with van der Waals surface area (Å²) in [4.78, 5) is 4.20. The van der Waals surface area contributed by atoms with Gasteiger partial charge in [-0.2, -0.15) is 0 Å². The summed E-state index contributed by atoms with van der Waals surface area (Å²) in [5.74, 6) is 7.05. The Morgan fingerprint density at radius 2 is 2.19 bits per heavy atom. The third-order valence-electron chi connectivity index (χ3n) is 2.74. The molecule has 4 heteroatoms. The SMILES string of the molecule is CC(C)Oc1cncc(C(NN)C2CC2)c1. The van der Waals surface area contributed by atoms with Gasteiger partial charge >= 0.3 is 0 Å². The Morgan fingerprint density at radius 3 is 2.75 bits per heavy atom. The van der Waals surface area contributed by atoms with Crippen molar-refractivity contribution >= 4 is 0 Å². The number of nitrogens with zero attached hydrogens (tertiary/aromatic N) is 1. The topological polar surface area (TPSA) is 60.2 Å². The Morgan fingerprint density at radius 1 is 1.44 bits per heavy atom. The van der Waals surface area contributed by atoms with Gasteiger partial charge in [-0.25, -0.2) is 0 Å². The zero-order valence-corrected chi connectivity index (χ0v) is 9.81. The first kappa shape index (κ1) is 11.4. The van der Waals surface area contributed by atoms with E-state index in [2.05, 4.69) is 10.4 Å². The number of nitrogens with two attached hydrogens (primary N) is 1. The minimum absolute atomic E-state index is 0.169. The molecule has 1 saturated carbocycles. The first-order valence-corrected chi connectivity index (χ1v) is 5.78. The molecule has 0 bridgehead atoms. The smallest absolute Gasteiger partial charge is 0.138 e. The molecule has 88 valence electrons. The van der Waals surface area contributed by atoms with Crippen LogP contribution in [0.1, 0.15) is 38.3 Å². The first-order valence-electron chi connectivity index (χ1n) is 5.78. The van der Waals surface area contributed by atoms with Gasteiger partial charge in [-0.1, -0.05) is 0 Å². The van der Waals surface area contributed by atoms with Gasteiger partial charge in [0.1, 0.15) is 5.75 Å². The van der Waals surface area contributed by atoms with E-state index in [0.717, 1.165) is 11.3 Å². The summed E-state index contributed by atoms with van der Waals surface area (Å²) >= 11 is 0. The maximum Gasteiger partial charge on any atom is 0.138 e. The molecule has 1 aromatic rings. The van der Waals surface area contributed by atoms with Crippen molar-refractivity contribution in [3.05, 3.63) is 24.0 Å². The lowest BCUT2D eigenvalue weighted by atomic mass is 10.1. The second-order valence-corrected chi connectivity index (χ2v) is 4.60. The summed E-state index contributed by atoms with van der Waals surface area (Å²) in [7, 11) is 0. The van der Waals surface area contributed by atoms with Gasteiger partial charge in [0.15, 0.2) is 0 Å². The molecule has 1 fully saturated rings. The van der Waals surface area contributed by atoms with Crippen LogP contribution in [0.4, 0.5) is 0 Å². The van der Waals surface area contributed by atoms with Crippen molar-refractivity contribution in [2.75, 3.05) is 0 Å². The van der Waals surface area contributed by atoms with Crippen molar-refractivity contribution in [2.24, 2.45) is 11.8 Å². The molecule has 4 nitrogen and oxygen atoms in total. The van der Waals surface area contributed by atoms with E-state index in [1.165, 1.54) is 12.8 Å². The van der Waals surface area contributed by atoms with E-state index < -0.39 is 0 Å². The Balaban J connectivity index is 2.13. The van der Waals surface area contributed by atoms with Crippen molar-refractivity contribution in [3.8, 4) is 5.75 Å². The lowest BCUT2D eigenvalue weighted by Gasteiger charge is -2.16. The molecular formula is C12H19N3O. The molecule has 2 rings (SSSR count). The van der Waals surface area contributed by atoms with Crippen LogP contribution >= 0.6 is 0 Å². The highest BCUT2D eigenvalue weighted by molar-refractivity contribution is 5.27. The van der Waals surface area contributed by atoms with Gasteiger partial charge in [-0.3, -0.25) is 16.3 Å². The van der Waals surface area contributed by atoms with Crippen LogP contribution in [-0.2, 0) is 0 Å². The van der Waals surface area contributed by atoms with Crippen LogP contribution in [0.25, 0.3) is 0 Å². The summed E-state index contributed by atoms with van der Waals surface area (Å²) in [6.07, 6.45) is 6.25. The number of hydrogen-bond acceptors (Lipinski definition) is 4. The Hall–Kier alpha value is -1.13. The van der Waals surface area contributed by atoms with Crippen LogP contribution in [0.5, 0.6) is 5.75 Å². The number of rotatable bonds is 5. The Labute approximate surface area is 96.2 Å². The number of aromatic nitrogens is 1. The van der Waals surface area contributed by atoms with Gasteiger partial charge in [0.05, 0.1) is 18.3 Å². The number of pyridine rings is 1. The van der Waals surface area contributed by atoms with Gasteiger partial charge in [0.25, 0.3) is 0 Å². The monoisotopic (exact) mass is 221 g/mol. The molecule has 0 radical (unpaired) electrons. The van der Waals surface area contributed by atoms with Gasteiger partial charge in [0, 0.05) is 6.20 Å². The van der Waals surface area contributed by atoms with Crippen LogP contribution in [-0.4, -0.2) is 11.1 Å². The van der Waals surface area contributed by atoms with Gasteiger partial charge in [0.2, 0.25) is 0 Å². The molecule has 0 aliphatic heterocycles. The molecular weight excluding hydrogens is 202 g/mol. The number of hydrogen-bond donors (Lipinski definition) is 2. The maximum absolute atomic E-state index is 5.62. The van der Waals surface area contributed by atoms with Crippen molar-refractivity contribution in [3.63, 3.8) is 0 Å². The fraction of sp³-hybridized carbons (Fsp3) is 0.583. The molecule has 1 atom stereocenters. The quantitative estimate of drug-likeness (QED) is 0.588. The van der Waals surface area contributed by atoms with Crippen molar-refractivity contribution < 1.29 is 4.74 Å². The minimum atomic E-state index is 0.169. The molecule has 3 N–H and O–H groups in total. The third-order valence-corrected chi connectivity index (χ3v) is 2.74. The van der Waals surface area contributed by atoms with E-state index in [4.69, 9.17) is 10.6 Å². The number of ether oxygens (including phenoxy) is 1. The first-order chi connectivity index (χ1) is 7.70. The second kappa shape index (κ2) is 4.80. The van der Waals surface area contributed by atoms with Gasteiger partial charge in [-0.15, -0.1) is 0 Å². The summed E-state index contributed by atoms with van der Waals surface area (Å²) in [6, 6.07) is 2.23. The van der Waals surface area contributed by atoms with Crippen molar-refractivity contribution in [1.82, 2.24) is 10.4 Å². The molecule has 0 amide bonds. The van der Waals surface area contributed by atoms with E-state index in [9.17, 15) is 0 Å². The molecule has 1 aromatic heterocycles. The molecule has 1 aliphatic carbocycles. The summed E-state index contributed by atoms with van der Waals surface area (Å²) in [6.45, 7) is 4.01. The Kier molecular flexibility index (Phi) is 3.41. The highest BCUT2D eigenvalue weighted by Gasteiger charge is 2.31. The minimum Gasteiger partial charge on any atom is -0.489 e. The highest BCUT2D eigenvalue weighted by Crippen LogP contribution is 2.40. The fourth-order valence-corrected chi connectivity index (χ4v) is 1.88. The van der Waals surface area contributed by atoms with Crippen LogP contribution < -0.4 is 16.0 Å². The third kappa shape index (κ3) is 2.71. The van der Waals surface area contributed by atoms with E-state index in [1.54, 1.807) is 6.20 Å². The molecule has 16 heavy (non-hydrogen) atoms. The average Bonchev–Trinajstić information content (AvgIpc) is 3.03. The van der Waals surface area contributed by atoms with Crippen molar-refractivity contribution in [1.29, 1.82) is 0 Å². The highest BCUT2D eigenvalue weighted by atomic mass is 16.5. The standard InChI is InChI=1S/C12H19N3O/c1-8(2)16-11-5-10(6-14-7-11)12(15-13)9-3-4-9/h5-9,12,15H,3-4,13H2,1-2H3. The van der Waals surface area contributed by atoms with Crippen LogP contribution in [0, 0.1) is 5.92 Å². The molecule has 0 spiro atoms. The van der Waals surface area contributed by atoms with Gasteiger partial charge < -0.3 is 4.74 Å². The largest absolute Gasteiger partial charge is 0.489 e. The zero-order valence-electron chi connectivity index (χ0n) is 9.81. The Bertz CT molecular complexity index is 350. The molecule has 0 aromatic carbocycles. The molecule has 1 unspecified atom stereocenters. The van der Waals surface area contributed by atoms with E-state index in [1.807, 2.05) is 26.1 Å². The molecule has 1 heterocycles. The number of nitrogens with one attached hydrogen (secondary N) is 1. The zero-order chi connectivity index (χ0) is 11.5. The van der Waals surface area contributed by atoms with Gasteiger partial charge in [-0.05, 0) is 44.2 Å². The van der Waals surface area contributed by atoms with Crippen LogP contribution in [0.3, 0.4) is 0 Å². The second-order valence-electron chi connectivity index (χ2n) is 4.60. The lowest BCUT2D eigenvalue weighted by molar-refractivity contribution is 0.241. The predicted octanol–water partition coefficient (Wildman–Crippen LogP) is 1.78. The normalized spacial score (nSPS) is 17.5.